The first-order chi connectivity index (χ1) is 13.9. The van der Waals surface area contributed by atoms with Crippen LogP contribution in [0.5, 0.6) is 0 Å². The van der Waals surface area contributed by atoms with Crippen LogP contribution in [0.2, 0.25) is 0 Å². The van der Waals surface area contributed by atoms with Gasteiger partial charge >= 0.3 is 5.97 Å². The van der Waals surface area contributed by atoms with Crippen LogP contribution in [0.3, 0.4) is 0 Å². The Balaban J connectivity index is 2.10. The second-order valence-corrected chi connectivity index (χ2v) is 7.77. The van der Waals surface area contributed by atoms with Crippen molar-refractivity contribution in [1.82, 2.24) is 4.57 Å². The minimum atomic E-state index is -0.428. The average Bonchev–Trinajstić information content (AvgIpc) is 3.04. The van der Waals surface area contributed by atoms with Gasteiger partial charge in [-0.1, -0.05) is 31.3 Å². The van der Waals surface area contributed by atoms with E-state index in [-0.39, 0.29) is 19.1 Å². The molecule has 0 unspecified atom stereocenters. The molecule has 3 rings (SSSR count). The predicted octanol–water partition coefficient (Wildman–Crippen LogP) is 4.00. The predicted molar refractivity (Wildman–Crippen MR) is 112 cm³/mol. The molecule has 0 saturated carbocycles. The Morgan fingerprint density at radius 2 is 1.93 bits per heavy atom. The van der Waals surface area contributed by atoms with E-state index in [1.54, 1.807) is 35.8 Å². The molecule has 0 N–H and O–H groups in total. The molecule has 1 heterocycles. The SMILES string of the molecule is CCOC(=O)Cn1c(=NC(=O)c2ccc(C#N)cc2)sc2cc(C(C)C)ccc21. The highest BCUT2D eigenvalue weighted by molar-refractivity contribution is 7.16. The molecule has 0 fully saturated rings. The number of carbonyl (C=O) groups is 2. The van der Waals surface area contributed by atoms with E-state index in [1.807, 2.05) is 18.2 Å². The molecule has 1 amide bonds. The molecule has 2 aromatic carbocycles. The zero-order valence-corrected chi connectivity index (χ0v) is 17.3. The summed E-state index contributed by atoms with van der Waals surface area (Å²) in [6, 6.07) is 14.4. The summed E-state index contributed by atoms with van der Waals surface area (Å²) in [5, 5.41) is 8.90. The van der Waals surface area contributed by atoms with Crippen LogP contribution in [0.4, 0.5) is 0 Å². The van der Waals surface area contributed by atoms with Gasteiger partial charge in [0.15, 0.2) is 4.80 Å². The quantitative estimate of drug-likeness (QED) is 0.598. The Bertz CT molecular complexity index is 1160. The van der Waals surface area contributed by atoms with Crippen molar-refractivity contribution < 1.29 is 14.3 Å². The van der Waals surface area contributed by atoms with Crippen LogP contribution < -0.4 is 4.80 Å². The van der Waals surface area contributed by atoms with Gasteiger partial charge in [0.05, 0.1) is 28.5 Å². The number of aromatic nitrogens is 1. The Labute approximate surface area is 172 Å². The van der Waals surface area contributed by atoms with Gasteiger partial charge in [-0.2, -0.15) is 10.3 Å². The van der Waals surface area contributed by atoms with Gasteiger partial charge in [0.2, 0.25) is 0 Å². The number of rotatable bonds is 5. The van der Waals surface area contributed by atoms with Gasteiger partial charge < -0.3 is 9.30 Å². The van der Waals surface area contributed by atoms with Crippen molar-refractivity contribution in [3.8, 4) is 6.07 Å². The summed E-state index contributed by atoms with van der Waals surface area (Å²) >= 11 is 1.36. The summed E-state index contributed by atoms with van der Waals surface area (Å²) in [5.41, 5.74) is 2.86. The van der Waals surface area contributed by atoms with E-state index in [9.17, 15) is 9.59 Å². The van der Waals surface area contributed by atoms with Crippen LogP contribution in [0, 0.1) is 11.3 Å². The molecule has 7 heteroatoms. The third kappa shape index (κ3) is 4.61. The number of hydrogen-bond acceptors (Lipinski definition) is 5. The number of nitrogens with zero attached hydrogens (tertiary/aromatic N) is 3. The van der Waals surface area contributed by atoms with Gasteiger partial charge in [0, 0.05) is 5.56 Å². The van der Waals surface area contributed by atoms with Gasteiger partial charge in [-0.05, 0) is 54.8 Å². The van der Waals surface area contributed by atoms with Crippen LogP contribution in [0.1, 0.15) is 48.2 Å². The summed E-state index contributed by atoms with van der Waals surface area (Å²) in [5.74, 6) is -0.448. The minimum Gasteiger partial charge on any atom is -0.465 e. The number of amides is 1. The van der Waals surface area contributed by atoms with Crippen molar-refractivity contribution in [2.75, 3.05) is 6.61 Å². The highest BCUT2D eigenvalue weighted by Gasteiger charge is 2.14. The Morgan fingerprint density at radius 1 is 1.21 bits per heavy atom. The molecule has 1 aromatic heterocycles. The van der Waals surface area contributed by atoms with E-state index in [4.69, 9.17) is 10.00 Å². The molecule has 0 bridgehead atoms. The Hall–Kier alpha value is -3.24. The monoisotopic (exact) mass is 407 g/mol. The zero-order chi connectivity index (χ0) is 21.0. The lowest BCUT2D eigenvalue weighted by Gasteiger charge is -2.07. The summed E-state index contributed by atoms with van der Waals surface area (Å²) in [6.07, 6.45) is 0. The van der Waals surface area contributed by atoms with Crippen LogP contribution in [0.15, 0.2) is 47.5 Å². The Morgan fingerprint density at radius 3 is 2.55 bits per heavy atom. The maximum Gasteiger partial charge on any atom is 0.326 e. The summed E-state index contributed by atoms with van der Waals surface area (Å²) in [4.78, 5) is 29.5. The summed E-state index contributed by atoms with van der Waals surface area (Å²) in [7, 11) is 0. The van der Waals surface area contributed by atoms with Crippen LogP contribution in [-0.4, -0.2) is 23.1 Å². The van der Waals surface area contributed by atoms with Crippen molar-refractivity contribution in [2.45, 2.75) is 33.2 Å². The first-order valence-electron chi connectivity index (χ1n) is 9.31. The number of hydrogen-bond donors (Lipinski definition) is 0. The smallest absolute Gasteiger partial charge is 0.326 e. The van der Waals surface area contributed by atoms with Crippen molar-refractivity contribution in [2.24, 2.45) is 4.99 Å². The van der Waals surface area contributed by atoms with Crippen molar-refractivity contribution >= 4 is 33.4 Å². The number of esters is 1. The normalized spacial score (nSPS) is 11.6. The summed E-state index contributed by atoms with van der Waals surface area (Å²) in [6.45, 7) is 6.25. The van der Waals surface area contributed by atoms with Crippen molar-refractivity contribution in [3.05, 3.63) is 64.0 Å². The van der Waals surface area contributed by atoms with E-state index < -0.39 is 5.91 Å². The second kappa shape index (κ2) is 8.84. The van der Waals surface area contributed by atoms with E-state index in [1.165, 1.54) is 16.9 Å². The minimum absolute atomic E-state index is 0.0195. The van der Waals surface area contributed by atoms with Gasteiger partial charge in [0.1, 0.15) is 6.54 Å². The Kier molecular flexibility index (Phi) is 6.25. The molecule has 0 radical (unpaired) electrons. The van der Waals surface area contributed by atoms with E-state index in [0.717, 1.165) is 10.2 Å². The van der Waals surface area contributed by atoms with Crippen molar-refractivity contribution in [1.29, 1.82) is 5.26 Å². The average molecular weight is 407 g/mol. The molecular weight excluding hydrogens is 386 g/mol. The third-order valence-electron chi connectivity index (χ3n) is 4.42. The molecule has 0 spiro atoms. The topological polar surface area (TPSA) is 84.5 Å². The maximum absolute atomic E-state index is 12.7. The highest BCUT2D eigenvalue weighted by Crippen LogP contribution is 2.23. The molecule has 29 heavy (non-hydrogen) atoms. The first kappa shape index (κ1) is 20.5. The number of ether oxygens (including phenoxy) is 1. The second-order valence-electron chi connectivity index (χ2n) is 6.76. The number of thiazole rings is 1. The van der Waals surface area contributed by atoms with E-state index in [0.29, 0.717) is 21.8 Å². The number of benzene rings is 2. The summed E-state index contributed by atoms with van der Waals surface area (Å²) < 4.78 is 7.75. The molecule has 0 saturated heterocycles. The lowest BCUT2D eigenvalue weighted by Crippen LogP contribution is -2.23. The fraction of sp³-hybridized carbons (Fsp3) is 0.273. The van der Waals surface area contributed by atoms with Gasteiger partial charge in [-0.3, -0.25) is 9.59 Å². The van der Waals surface area contributed by atoms with Crippen molar-refractivity contribution in [3.63, 3.8) is 0 Å². The highest BCUT2D eigenvalue weighted by atomic mass is 32.1. The molecule has 0 aliphatic rings. The standard InChI is InChI=1S/C22H21N3O3S/c1-4-28-20(26)13-25-18-10-9-17(14(2)3)11-19(18)29-22(25)24-21(27)16-7-5-15(12-23)6-8-16/h5-11,14H,4,13H2,1-3H3. The molecule has 6 nitrogen and oxygen atoms in total. The number of nitriles is 1. The molecule has 0 atom stereocenters. The fourth-order valence-electron chi connectivity index (χ4n) is 2.86. The zero-order valence-electron chi connectivity index (χ0n) is 16.5. The van der Waals surface area contributed by atoms with Gasteiger partial charge in [-0.25, -0.2) is 0 Å². The van der Waals surface area contributed by atoms with Crippen LogP contribution >= 0.6 is 11.3 Å². The number of fused-ring (bicyclic) bond motifs is 1. The maximum atomic E-state index is 12.7. The van der Waals surface area contributed by atoms with E-state index in [2.05, 4.69) is 24.9 Å². The fourth-order valence-corrected chi connectivity index (χ4v) is 3.94. The molecular formula is C22H21N3O3S. The van der Waals surface area contributed by atoms with Crippen LogP contribution in [-0.2, 0) is 16.1 Å². The molecule has 148 valence electrons. The van der Waals surface area contributed by atoms with E-state index >= 15 is 0 Å². The van der Waals surface area contributed by atoms with Gasteiger partial charge in [0.25, 0.3) is 5.91 Å². The molecule has 3 aromatic rings. The number of carbonyl (C=O) groups excluding carboxylic acids is 2. The lowest BCUT2D eigenvalue weighted by atomic mass is 10.0. The molecule has 0 aliphatic heterocycles. The van der Waals surface area contributed by atoms with Crippen LogP contribution in [0.25, 0.3) is 10.2 Å². The van der Waals surface area contributed by atoms with Gasteiger partial charge in [-0.15, -0.1) is 0 Å². The lowest BCUT2D eigenvalue weighted by molar-refractivity contribution is -0.143. The third-order valence-corrected chi connectivity index (χ3v) is 5.47. The largest absolute Gasteiger partial charge is 0.465 e. The first-order valence-corrected chi connectivity index (χ1v) is 10.1. The molecule has 0 aliphatic carbocycles.